The number of nitrogens with one attached hydrogen (secondary N) is 1. The van der Waals surface area contributed by atoms with Crippen molar-refractivity contribution in [2.45, 2.75) is 0 Å². The number of hydrogen-bond acceptors (Lipinski definition) is 7. The molecule has 2 fully saturated rings. The third kappa shape index (κ3) is 5.33. The maximum absolute atomic E-state index is 13.0. The van der Waals surface area contributed by atoms with E-state index in [4.69, 9.17) is 9.47 Å². The number of hydrogen-bond donors (Lipinski definition) is 1. The first-order valence-electron chi connectivity index (χ1n) is 9.49. The van der Waals surface area contributed by atoms with Gasteiger partial charge in [-0.25, -0.2) is 4.79 Å². The van der Waals surface area contributed by atoms with Gasteiger partial charge in [0.1, 0.15) is 5.57 Å². The molecule has 0 unspecified atom stereocenters. The molecule has 0 spiro atoms. The number of esters is 1. The highest BCUT2D eigenvalue weighted by Crippen LogP contribution is 2.14. The van der Waals surface area contributed by atoms with Gasteiger partial charge in [0.05, 0.1) is 39.1 Å². The van der Waals surface area contributed by atoms with Crippen LogP contribution in [0.25, 0.3) is 0 Å². The zero-order chi connectivity index (χ0) is 20.6. The van der Waals surface area contributed by atoms with Gasteiger partial charge in [-0.2, -0.15) is 0 Å². The van der Waals surface area contributed by atoms with Crippen molar-refractivity contribution >= 4 is 23.5 Å². The third-order valence-electron chi connectivity index (χ3n) is 4.75. The van der Waals surface area contributed by atoms with Gasteiger partial charge in [0, 0.05) is 38.1 Å². The molecule has 9 nitrogen and oxygen atoms in total. The SMILES string of the molecule is COC(=O)c1ccc(NC=C(C(=O)N2CCOCC2)C(=O)N2CCOCC2)cc1. The van der Waals surface area contributed by atoms with Crippen LogP contribution in [0.5, 0.6) is 0 Å². The second kappa shape index (κ2) is 10.0. The Morgan fingerprint density at radius 3 is 1.83 bits per heavy atom. The fourth-order valence-corrected chi connectivity index (χ4v) is 3.06. The fourth-order valence-electron chi connectivity index (χ4n) is 3.06. The molecule has 2 aliphatic rings. The van der Waals surface area contributed by atoms with Crippen molar-refractivity contribution in [1.29, 1.82) is 0 Å². The van der Waals surface area contributed by atoms with Gasteiger partial charge in [-0.15, -0.1) is 0 Å². The van der Waals surface area contributed by atoms with E-state index in [1.165, 1.54) is 13.3 Å². The van der Waals surface area contributed by atoms with E-state index in [0.29, 0.717) is 63.9 Å². The molecule has 0 aromatic heterocycles. The number of carbonyl (C=O) groups is 3. The average molecular weight is 403 g/mol. The van der Waals surface area contributed by atoms with E-state index < -0.39 is 5.97 Å². The summed E-state index contributed by atoms with van der Waals surface area (Å²) in [5.74, 6) is -1.09. The first-order valence-corrected chi connectivity index (χ1v) is 9.49. The fraction of sp³-hybridized carbons (Fsp3) is 0.450. The molecule has 2 aliphatic heterocycles. The summed E-state index contributed by atoms with van der Waals surface area (Å²) in [6.45, 7) is 3.59. The molecule has 0 radical (unpaired) electrons. The molecule has 1 N–H and O–H groups in total. The van der Waals surface area contributed by atoms with Crippen LogP contribution in [0.3, 0.4) is 0 Å². The molecule has 156 valence electrons. The van der Waals surface area contributed by atoms with E-state index in [1.807, 2.05) is 0 Å². The van der Waals surface area contributed by atoms with Gasteiger partial charge in [-0.3, -0.25) is 9.59 Å². The lowest BCUT2D eigenvalue weighted by Gasteiger charge is -2.31. The second-order valence-corrected chi connectivity index (χ2v) is 6.58. The normalized spacial score (nSPS) is 16.7. The van der Waals surface area contributed by atoms with Gasteiger partial charge in [0.15, 0.2) is 0 Å². The zero-order valence-corrected chi connectivity index (χ0v) is 16.4. The number of benzene rings is 1. The predicted molar refractivity (Wildman–Crippen MR) is 104 cm³/mol. The van der Waals surface area contributed by atoms with Gasteiger partial charge >= 0.3 is 5.97 Å². The number of amides is 2. The summed E-state index contributed by atoms with van der Waals surface area (Å²) in [7, 11) is 1.32. The summed E-state index contributed by atoms with van der Waals surface area (Å²) in [5.41, 5.74) is 1.11. The summed E-state index contributed by atoms with van der Waals surface area (Å²) in [6.07, 6.45) is 1.43. The number of nitrogens with zero attached hydrogens (tertiary/aromatic N) is 2. The Morgan fingerprint density at radius 1 is 0.897 bits per heavy atom. The van der Waals surface area contributed by atoms with Crippen molar-refractivity contribution in [3.8, 4) is 0 Å². The number of methoxy groups -OCH3 is 1. The Bertz CT molecular complexity index is 733. The highest BCUT2D eigenvalue weighted by atomic mass is 16.5. The lowest BCUT2D eigenvalue weighted by molar-refractivity contribution is -0.138. The largest absolute Gasteiger partial charge is 0.465 e. The van der Waals surface area contributed by atoms with E-state index in [9.17, 15) is 14.4 Å². The second-order valence-electron chi connectivity index (χ2n) is 6.58. The van der Waals surface area contributed by atoms with Crippen LogP contribution in [0.4, 0.5) is 5.69 Å². The Balaban J connectivity index is 1.78. The zero-order valence-electron chi connectivity index (χ0n) is 16.4. The molecule has 2 saturated heterocycles. The molecule has 0 atom stereocenters. The number of rotatable bonds is 5. The van der Waals surface area contributed by atoms with Gasteiger partial charge in [-0.1, -0.05) is 0 Å². The van der Waals surface area contributed by atoms with Gasteiger partial charge < -0.3 is 29.3 Å². The topological polar surface area (TPSA) is 97.4 Å². The van der Waals surface area contributed by atoms with Gasteiger partial charge in [-0.05, 0) is 24.3 Å². The van der Waals surface area contributed by atoms with Crippen LogP contribution in [0.1, 0.15) is 10.4 Å². The average Bonchev–Trinajstić information content (AvgIpc) is 2.80. The lowest BCUT2D eigenvalue weighted by Crippen LogP contribution is -2.47. The first-order chi connectivity index (χ1) is 14.1. The highest BCUT2D eigenvalue weighted by molar-refractivity contribution is 6.18. The van der Waals surface area contributed by atoms with Crippen LogP contribution in [0.15, 0.2) is 36.0 Å². The summed E-state index contributed by atoms with van der Waals surface area (Å²) < 4.78 is 15.3. The molecule has 3 rings (SSSR count). The molecular formula is C20H25N3O6. The highest BCUT2D eigenvalue weighted by Gasteiger charge is 2.29. The van der Waals surface area contributed by atoms with Crippen LogP contribution >= 0.6 is 0 Å². The van der Waals surface area contributed by atoms with Gasteiger partial charge in [0.25, 0.3) is 11.8 Å². The van der Waals surface area contributed by atoms with Crippen molar-refractivity contribution in [3.05, 3.63) is 41.6 Å². The van der Waals surface area contributed by atoms with Crippen molar-refractivity contribution < 1.29 is 28.6 Å². The Hall–Kier alpha value is -2.91. The van der Waals surface area contributed by atoms with E-state index in [0.717, 1.165) is 0 Å². The van der Waals surface area contributed by atoms with Crippen molar-refractivity contribution in [2.75, 3.05) is 65.0 Å². The van der Waals surface area contributed by atoms with Crippen molar-refractivity contribution in [3.63, 3.8) is 0 Å². The van der Waals surface area contributed by atoms with Crippen LogP contribution < -0.4 is 5.32 Å². The molecule has 2 heterocycles. The molecule has 0 aliphatic carbocycles. The van der Waals surface area contributed by atoms with E-state index in [1.54, 1.807) is 34.1 Å². The first kappa shape index (κ1) is 20.8. The Kier molecular flexibility index (Phi) is 7.20. The lowest BCUT2D eigenvalue weighted by atomic mass is 10.1. The molecular weight excluding hydrogens is 378 g/mol. The minimum absolute atomic E-state index is 0.0610. The maximum Gasteiger partial charge on any atom is 0.337 e. The molecule has 0 saturated carbocycles. The number of carbonyl (C=O) groups excluding carboxylic acids is 3. The van der Waals surface area contributed by atoms with Gasteiger partial charge in [0.2, 0.25) is 0 Å². The summed E-state index contributed by atoms with van der Waals surface area (Å²) >= 11 is 0. The summed E-state index contributed by atoms with van der Waals surface area (Å²) in [6, 6.07) is 6.57. The van der Waals surface area contributed by atoms with Crippen LogP contribution in [0.2, 0.25) is 0 Å². The van der Waals surface area contributed by atoms with Crippen LogP contribution in [0, 0.1) is 0 Å². The van der Waals surface area contributed by atoms with Crippen LogP contribution in [-0.4, -0.2) is 87.3 Å². The van der Waals surface area contributed by atoms with Crippen LogP contribution in [-0.2, 0) is 23.8 Å². The molecule has 1 aromatic rings. The number of anilines is 1. The minimum Gasteiger partial charge on any atom is -0.465 e. The van der Waals surface area contributed by atoms with E-state index in [2.05, 4.69) is 10.1 Å². The number of morpholine rings is 2. The molecule has 2 amide bonds. The monoisotopic (exact) mass is 403 g/mol. The van der Waals surface area contributed by atoms with Crippen molar-refractivity contribution in [2.24, 2.45) is 0 Å². The molecule has 0 bridgehead atoms. The Labute approximate surface area is 169 Å². The quantitative estimate of drug-likeness (QED) is 0.331. The van der Waals surface area contributed by atoms with Crippen molar-refractivity contribution in [1.82, 2.24) is 9.80 Å². The predicted octanol–water partition coefficient (Wildman–Crippen LogP) is 0.487. The summed E-state index contributed by atoms with van der Waals surface area (Å²) in [4.78, 5) is 40.8. The summed E-state index contributed by atoms with van der Waals surface area (Å²) in [5, 5.41) is 3.00. The minimum atomic E-state index is -0.433. The molecule has 9 heteroatoms. The maximum atomic E-state index is 13.0. The number of ether oxygens (including phenoxy) is 3. The Morgan fingerprint density at radius 2 is 1.38 bits per heavy atom. The molecule has 1 aromatic carbocycles. The third-order valence-corrected chi connectivity index (χ3v) is 4.75. The smallest absolute Gasteiger partial charge is 0.337 e. The van der Waals surface area contributed by atoms with E-state index >= 15 is 0 Å². The van der Waals surface area contributed by atoms with E-state index in [-0.39, 0.29) is 17.4 Å². The standard InChI is InChI=1S/C20H25N3O6/c1-27-20(26)15-2-4-16(5-3-15)21-14-17(18(24)22-6-10-28-11-7-22)19(25)23-8-12-29-13-9-23/h2-5,14,21H,6-13H2,1H3. The molecule has 29 heavy (non-hydrogen) atoms.